The zero-order valence-electron chi connectivity index (χ0n) is 17.9. The summed E-state index contributed by atoms with van der Waals surface area (Å²) in [4.78, 5) is 29.3. The van der Waals surface area contributed by atoms with E-state index in [2.05, 4.69) is 10.3 Å². The SMILES string of the molecule is Cc1c(CC(=O)Nc2cccnc2)c(=O)oc2c(C)c3occ(-c4ccc(F)cc4)c3cc12. The highest BCUT2D eigenvalue weighted by Crippen LogP contribution is 2.37. The number of rotatable bonds is 4. The first-order valence-corrected chi connectivity index (χ1v) is 10.4. The van der Waals surface area contributed by atoms with Crippen molar-refractivity contribution in [3.63, 3.8) is 0 Å². The zero-order valence-corrected chi connectivity index (χ0v) is 17.9. The molecule has 0 aliphatic rings. The van der Waals surface area contributed by atoms with Crippen molar-refractivity contribution in [2.75, 3.05) is 5.32 Å². The fourth-order valence-corrected chi connectivity index (χ4v) is 4.06. The van der Waals surface area contributed by atoms with E-state index in [1.807, 2.05) is 13.0 Å². The number of hydrogen-bond donors (Lipinski definition) is 1. The van der Waals surface area contributed by atoms with Crippen LogP contribution in [0.15, 0.2) is 74.8 Å². The molecule has 0 aliphatic heterocycles. The predicted octanol–water partition coefficient (Wildman–Crippen LogP) is 5.54. The Kier molecular flexibility index (Phi) is 5.01. The van der Waals surface area contributed by atoms with Crippen molar-refractivity contribution in [3.05, 3.63) is 94.0 Å². The van der Waals surface area contributed by atoms with E-state index < -0.39 is 5.63 Å². The van der Waals surface area contributed by atoms with Crippen molar-refractivity contribution < 1.29 is 18.0 Å². The van der Waals surface area contributed by atoms with E-state index >= 15 is 0 Å². The van der Waals surface area contributed by atoms with Crippen LogP contribution in [0, 0.1) is 19.7 Å². The Labute approximate surface area is 187 Å². The van der Waals surface area contributed by atoms with Gasteiger partial charge in [0.05, 0.1) is 30.1 Å². The molecular formula is C26H19FN2O4. The molecule has 7 heteroatoms. The molecule has 2 aromatic carbocycles. The fraction of sp³-hybridized carbons (Fsp3) is 0.115. The highest BCUT2D eigenvalue weighted by Gasteiger charge is 2.20. The second kappa shape index (κ2) is 8.02. The summed E-state index contributed by atoms with van der Waals surface area (Å²) < 4.78 is 24.8. The number of pyridine rings is 1. The number of benzene rings is 2. The molecule has 1 amide bonds. The third-order valence-corrected chi connectivity index (χ3v) is 5.78. The average Bonchev–Trinajstić information content (AvgIpc) is 3.23. The van der Waals surface area contributed by atoms with Gasteiger partial charge in [0, 0.05) is 28.1 Å². The molecule has 5 rings (SSSR count). The van der Waals surface area contributed by atoms with E-state index in [0.29, 0.717) is 33.4 Å². The summed E-state index contributed by atoms with van der Waals surface area (Å²) in [5.74, 6) is -0.661. The molecule has 0 fully saturated rings. The maximum Gasteiger partial charge on any atom is 0.340 e. The van der Waals surface area contributed by atoms with Crippen LogP contribution in [-0.2, 0) is 11.2 Å². The first kappa shape index (κ1) is 20.6. The fourth-order valence-electron chi connectivity index (χ4n) is 4.06. The van der Waals surface area contributed by atoms with Gasteiger partial charge >= 0.3 is 5.63 Å². The Morgan fingerprint density at radius 3 is 2.58 bits per heavy atom. The Balaban J connectivity index is 1.61. The predicted molar refractivity (Wildman–Crippen MR) is 124 cm³/mol. The highest BCUT2D eigenvalue weighted by atomic mass is 19.1. The van der Waals surface area contributed by atoms with Crippen LogP contribution < -0.4 is 10.9 Å². The van der Waals surface area contributed by atoms with Crippen LogP contribution in [0.3, 0.4) is 0 Å². The summed E-state index contributed by atoms with van der Waals surface area (Å²) in [6, 6.07) is 11.5. The summed E-state index contributed by atoms with van der Waals surface area (Å²) in [6.07, 6.45) is 4.62. The van der Waals surface area contributed by atoms with Crippen LogP contribution in [0.2, 0.25) is 0 Å². The first-order chi connectivity index (χ1) is 15.9. The maximum atomic E-state index is 13.4. The van der Waals surface area contributed by atoms with Crippen LogP contribution in [0.25, 0.3) is 33.1 Å². The number of nitrogens with one attached hydrogen (secondary N) is 1. The number of amides is 1. The highest BCUT2D eigenvalue weighted by molar-refractivity contribution is 6.05. The molecule has 0 atom stereocenters. The van der Waals surface area contributed by atoms with Gasteiger partial charge in [-0.3, -0.25) is 9.78 Å². The van der Waals surface area contributed by atoms with Crippen molar-refractivity contribution in [1.82, 2.24) is 4.98 Å². The minimum Gasteiger partial charge on any atom is -0.463 e. The van der Waals surface area contributed by atoms with Crippen molar-refractivity contribution >= 4 is 33.5 Å². The van der Waals surface area contributed by atoms with Crippen LogP contribution in [0.1, 0.15) is 16.7 Å². The first-order valence-electron chi connectivity index (χ1n) is 10.4. The maximum absolute atomic E-state index is 13.4. The topological polar surface area (TPSA) is 85.3 Å². The minimum absolute atomic E-state index is 0.133. The Bertz CT molecular complexity index is 1570. The lowest BCUT2D eigenvalue weighted by atomic mass is 9.97. The normalized spacial score (nSPS) is 11.2. The summed E-state index contributed by atoms with van der Waals surface area (Å²) in [7, 11) is 0. The number of anilines is 1. The molecule has 0 radical (unpaired) electrons. The van der Waals surface area contributed by atoms with Gasteiger partial charge in [-0.05, 0) is 55.3 Å². The molecule has 1 N–H and O–H groups in total. The average molecular weight is 442 g/mol. The van der Waals surface area contributed by atoms with Crippen molar-refractivity contribution in [1.29, 1.82) is 0 Å². The summed E-state index contributed by atoms with van der Waals surface area (Å²) in [5.41, 5.74) is 4.24. The molecule has 0 saturated heterocycles. The second-order valence-corrected chi connectivity index (χ2v) is 7.87. The number of furan rings is 1. The lowest BCUT2D eigenvalue weighted by molar-refractivity contribution is -0.115. The van der Waals surface area contributed by atoms with E-state index in [4.69, 9.17) is 8.83 Å². The largest absolute Gasteiger partial charge is 0.463 e. The Morgan fingerprint density at radius 2 is 1.85 bits per heavy atom. The van der Waals surface area contributed by atoms with Crippen LogP contribution in [0.4, 0.5) is 10.1 Å². The van der Waals surface area contributed by atoms with Crippen LogP contribution >= 0.6 is 0 Å². The van der Waals surface area contributed by atoms with E-state index in [1.54, 1.807) is 43.6 Å². The van der Waals surface area contributed by atoms with E-state index in [-0.39, 0.29) is 23.7 Å². The van der Waals surface area contributed by atoms with Gasteiger partial charge in [-0.1, -0.05) is 12.1 Å². The smallest absolute Gasteiger partial charge is 0.340 e. The van der Waals surface area contributed by atoms with E-state index in [0.717, 1.165) is 16.5 Å². The summed E-state index contributed by atoms with van der Waals surface area (Å²) in [5, 5.41) is 4.27. The van der Waals surface area contributed by atoms with E-state index in [1.165, 1.54) is 18.3 Å². The molecule has 164 valence electrons. The molecule has 0 spiro atoms. The summed E-state index contributed by atoms with van der Waals surface area (Å²) >= 11 is 0. The number of carbonyl (C=O) groups is 1. The van der Waals surface area contributed by atoms with Gasteiger partial charge in [0.1, 0.15) is 17.0 Å². The number of halogens is 1. The summed E-state index contributed by atoms with van der Waals surface area (Å²) in [6.45, 7) is 3.62. The number of nitrogens with zero attached hydrogens (tertiary/aromatic N) is 1. The molecular weight excluding hydrogens is 423 g/mol. The van der Waals surface area contributed by atoms with Gasteiger partial charge in [0.15, 0.2) is 0 Å². The minimum atomic E-state index is -0.561. The van der Waals surface area contributed by atoms with Gasteiger partial charge in [-0.15, -0.1) is 0 Å². The molecule has 0 unspecified atom stereocenters. The molecule has 0 aliphatic carbocycles. The monoisotopic (exact) mass is 442 g/mol. The molecule has 6 nitrogen and oxygen atoms in total. The van der Waals surface area contributed by atoms with Crippen LogP contribution in [0.5, 0.6) is 0 Å². The lowest BCUT2D eigenvalue weighted by Gasteiger charge is -2.10. The van der Waals surface area contributed by atoms with E-state index in [9.17, 15) is 14.0 Å². The zero-order chi connectivity index (χ0) is 23.1. The molecule has 3 heterocycles. The Hall–Kier alpha value is -4.26. The number of hydrogen-bond acceptors (Lipinski definition) is 5. The third-order valence-electron chi connectivity index (χ3n) is 5.78. The van der Waals surface area contributed by atoms with Gasteiger partial charge in [0.25, 0.3) is 0 Å². The molecule has 0 saturated carbocycles. The number of fused-ring (bicyclic) bond motifs is 2. The standard InChI is InChI=1S/C26H19FN2O4/c1-14-19-10-21-22(16-5-7-17(27)8-6-16)13-32-24(21)15(2)25(19)33-26(31)20(14)11-23(30)29-18-4-3-9-28-12-18/h3-10,12-13H,11H2,1-2H3,(H,29,30). The number of aromatic nitrogens is 1. The molecule has 3 aromatic heterocycles. The van der Waals surface area contributed by atoms with Gasteiger partial charge < -0.3 is 14.2 Å². The number of aryl methyl sites for hydroxylation is 2. The van der Waals surface area contributed by atoms with Crippen molar-refractivity contribution in [2.45, 2.75) is 20.3 Å². The van der Waals surface area contributed by atoms with Gasteiger partial charge in [-0.25, -0.2) is 9.18 Å². The lowest BCUT2D eigenvalue weighted by Crippen LogP contribution is -2.20. The Morgan fingerprint density at radius 1 is 1.06 bits per heavy atom. The van der Waals surface area contributed by atoms with Crippen molar-refractivity contribution in [3.8, 4) is 11.1 Å². The third kappa shape index (κ3) is 3.67. The van der Waals surface area contributed by atoms with Gasteiger partial charge in [0.2, 0.25) is 5.91 Å². The molecule has 33 heavy (non-hydrogen) atoms. The van der Waals surface area contributed by atoms with Crippen LogP contribution in [-0.4, -0.2) is 10.9 Å². The quantitative estimate of drug-likeness (QED) is 0.370. The molecule has 5 aromatic rings. The second-order valence-electron chi connectivity index (χ2n) is 7.87. The van der Waals surface area contributed by atoms with Gasteiger partial charge in [-0.2, -0.15) is 0 Å². The number of carbonyl (C=O) groups excluding carboxylic acids is 1. The molecule has 0 bridgehead atoms. The van der Waals surface area contributed by atoms with Crippen molar-refractivity contribution in [2.24, 2.45) is 0 Å².